The molecule has 128 valence electrons. The van der Waals surface area contributed by atoms with Gasteiger partial charge in [-0.2, -0.15) is 4.98 Å². The number of nitrogens with zero attached hydrogens (tertiary/aromatic N) is 4. The van der Waals surface area contributed by atoms with Crippen LogP contribution in [0.15, 0.2) is 33.9 Å². The van der Waals surface area contributed by atoms with Gasteiger partial charge in [0.25, 0.3) is 5.56 Å². The Hall–Kier alpha value is -2.80. The van der Waals surface area contributed by atoms with E-state index in [0.717, 1.165) is 17.0 Å². The van der Waals surface area contributed by atoms with Crippen molar-refractivity contribution in [2.75, 3.05) is 0 Å². The van der Waals surface area contributed by atoms with Crippen LogP contribution < -0.4 is 11.2 Å². The number of hydrogen-bond donors (Lipinski definition) is 1. The van der Waals surface area contributed by atoms with E-state index in [-0.39, 0.29) is 0 Å². The normalized spacial score (nSPS) is 11.7. The lowest BCUT2D eigenvalue weighted by molar-refractivity contribution is 0.786. The molecule has 0 spiro atoms. The zero-order valence-corrected chi connectivity index (χ0v) is 14.8. The SMILES string of the molecule is Cc1c(C)n2c3c(=O)[nH]c(=O)n(C)c3nc2n1Cc1ccccc1Cl. The maximum Gasteiger partial charge on any atom is 0.329 e. The standard InChI is InChI=1S/C17H16ClN5O2/c1-9-10(2)23-13-14(21(3)17(25)20-15(13)24)19-16(23)22(9)8-11-6-4-5-7-12(11)18/h4-7H,8H2,1-3H3,(H,20,24,25). The van der Waals surface area contributed by atoms with Crippen molar-refractivity contribution in [3.8, 4) is 0 Å². The lowest BCUT2D eigenvalue weighted by atomic mass is 10.2. The van der Waals surface area contributed by atoms with Gasteiger partial charge >= 0.3 is 5.69 Å². The van der Waals surface area contributed by atoms with Crippen LogP contribution in [0.5, 0.6) is 0 Å². The number of fused-ring (bicyclic) bond motifs is 3. The third kappa shape index (κ3) is 2.16. The number of imidazole rings is 2. The highest BCUT2D eigenvalue weighted by molar-refractivity contribution is 6.31. The van der Waals surface area contributed by atoms with Gasteiger partial charge in [0.15, 0.2) is 11.2 Å². The second-order valence-corrected chi connectivity index (χ2v) is 6.49. The summed E-state index contributed by atoms with van der Waals surface area (Å²) in [6, 6.07) is 7.62. The van der Waals surface area contributed by atoms with E-state index in [1.807, 2.05) is 42.7 Å². The maximum absolute atomic E-state index is 12.4. The largest absolute Gasteiger partial charge is 0.329 e. The first-order valence-electron chi connectivity index (χ1n) is 7.80. The molecule has 0 fully saturated rings. The quantitative estimate of drug-likeness (QED) is 0.596. The summed E-state index contributed by atoms with van der Waals surface area (Å²) in [4.78, 5) is 31.1. The molecule has 0 saturated carbocycles. The number of rotatable bonds is 2. The third-order valence-electron chi connectivity index (χ3n) is 4.69. The predicted molar refractivity (Wildman–Crippen MR) is 96.6 cm³/mol. The van der Waals surface area contributed by atoms with Crippen molar-refractivity contribution in [1.29, 1.82) is 0 Å². The molecule has 0 aliphatic heterocycles. The number of aryl methyl sites for hydroxylation is 2. The Morgan fingerprint density at radius 3 is 2.60 bits per heavy atom. The predicted octanol–water partition coefficient (Wildman–Crippen LogP) is 1.99. The minimum Gasteiger partial charge on any atom is -0.309 e. The summed E-state index contributed by atoms with van der Waals surface area (Å²) in [5.74, 6) is 0.608. The van der Waals surface area contributed by atoms with Gasteiger partial charge in [0.05, 0.1) is 6.54 Å². The summed E-state index contributed by atoms with van der Waals surface area (Å²) in [6.07, 6.45) is 0. The molecule has 3 aromatic heterocycles. The van der Waals surface area contributed by atoms with Gasteiger partial charge in [0.2, 0.25) is 5.78 Å². The molecule has 0 aliphatic rings. The minimum absolute atomic E-state index is 0.361. The fourth-order valence-electron chi connectivity index (χ4n) is 3.16. The van der Waals surface area contributed by atoms with Crippen LogP contribution in [0.3, 0.4) is 0 Å². The van der Waals surface area contributed by atoms with Gasteiger partial charge < -0.3 is 4.57 Å². The first-order chi connectivity index (χ1) is 11.9. The lowest BCUT2D eigenvalue weighted by Gasteiger charge is -2.08. The molecule has 0 bridgehead atoms. The van der Waals surface area contributed by atoms with E-state index >= 15 is 0 Å². The van der Waals surface area contributed by atoms with Gasteiger partial charge in [0, 0.05) is 23.5 Å². The van der Waals surface area contributed by atoms with Gasteiger partial charge in [-0.25, -0.2) is 4.79 Å². The molecule has 0 amide bonds. The van der Waals surface area contributed by atoms with Crippen molar-refractivity contribution in [2.45, 2.75) is 20.4 Å². The summed E-state index contributed by atoms with van der Waals surface area (Å²) >= 11 is 6.29. The number of aromatic amines is 1. The van der Waals surface area contributed by atoms with Gasteiger partial charge in [-0.05, 0) is 25.5 Å². The number of benzene rings is 1. The summed E-state index contributed by atoms with van der Waals surface area (Å²) in [5, 5.41) is 0.674. The van der Waals surface area contributed by atoms with E-state index in [1.54, 1.807) is 11.4 Å². The zero-order valence-electron chi connectivity index (χ0n) is 14.0. The van der Waals surface area contributed by atoms with E-state index in [0.29, 0.717) is 28.5 Å². The highest BCUT2D eigenvalue weighted by atomic mass is 35.5. The molecule has 3 heterocycles. The highest BCUT2D eigenvalue weighted by Gasteiger charge is 2.20. The molecule has 7 nitrogen and oxygen atoms in total. The molecule has 0 saturated heterocycles. The lowest BCUT2D eigenvalue weighted by Crippen LogP contribution is -2.28. The third-order valence-corrected chi connectivity index (χ3v) is 5.06. The smallest absolute Gasteiger partial charge is 0.309 e. The topological polar surface area (TPSA) is 77.1 Å². The molecular formula is C17H16ClN5O2. The average Bonchev–Trinajstić information content (AvgIpc) is 3.07. The number of H-pyrrole nitrogens is 1. The van der Waals surface area contributed by atoms with Crippen molar-refractivity contribution < 1.29 is 0 Å². The molecule has 0 atom stereocenters. The van der Waals surface area contributed by atoms with E-state index in [4.69, 9.17) is 11.6 Å². The Kier molecular flexibility index (Phi) is 3.36. The van der Waals surface area contributed by atoms with Crippen molar-refractivity contribution in [3.05, 3.63) is 67.1 Å². The van der Waals surface area contributed by atoms with Crippen molar-refractivity contribution >= 4 is 28.5 Å². The molecule has 1 N–H and O–H groups in total. The van der Waals surface area contributed by atoms with Gasteiger partial charge in [-0.15, -0.1) is 0 Å². The van der Waals surface area contributed by atoms with E-state index in [1.165, 1.54) is 4.57 Å². The van der Waals surface area contributed by atoms with Crippen molar-refractivity contribution in [2.24, 2.45) is 7.05 Å². The summed E-state index contributed by atoms with van der Waals surface area (Å²) in [5.41, 5.74) is 2.65. The second kappa shape index (κ2) is 5.35. The van der Waals surface area contributed by atoms with Gasteiger partial charge in [-0.1, -0.05) is 29.8 Å². The molecular weight excluding hydrogens is 342 g/mol. The first-order valence-corrected chi connectivity index (χ1v) is 8.18. The van der Waals surface area contributed by atoms with Crippen LogP contribution in [0, 0.1) is 13.8 Å². The molecule has 8 heteroatoms. The van der Waals surface area contributed by atoms with Crippen LogP contribution in [-0.4, -0.2) is 23.5 Å². The van der Waals surface area contributed by atoms with Crippen LogP contribution in [0.1, 0.15) is 17.0 Å². The molecule has 4 rings (SSSR count). The Morgan fingerprint density at radius 2 is 1.88 bits per heavy atom. The molecule has 1 aromatic carbocycles. The minimum atomic E-state index is -0.481. The van der Waals surface area contributed by atoms with Gasteiger partial charge in [-0.3, -0.25) is 18.7 Å². The van der Waals surface area contributed by atoms with Crippen molar-refractivity contribution in [3.63, 3.8) is 0 Å². The first kappa shape index (κ1) is 15.7. The Balaban J connectivity index is 2.08. The van der Waals surface area contributed by atoms with E-state index in [2.05, 4.69) is 9.97 Å². The maximum atomic E-state index is 12.4. The molecule has 0 radical (unpaired) electrons. The van der Waals surface area contributed by atoms with E-state index in [9.17, 15) is 9.59 Å². The molecule has 4 aromatic rings. The fourth-order valence-corrected chi connectivity index (χ4v) is 3.36. The second-order valence-electron chi connectivity index (χ2n) is 6.09. The highest BCUT2D eigenvalue weighted by Crippen LogP contribution is 2.23. The molecule has 0 unspecified atom stereocenters. The summed E-state index contributed by atoms with van der Waals surface area (Å²) in [7, 11) is 1.59. The number of aromatic nitrogens is 5. The number of halogens is 1. The van der Waals surface area contributed by atoms with Crippen LogP contribution in [0.2, 0.25) is 5.02 Å². The Bertz CT molecular complexity index is 1260. The van der Waals surface area contributed by atoms with Crippen molar-refractivity contribution in [1.82, 2.24) is 23.5 Å². The Morgan fingerprint density at radius 1 is 1.16 bits per heavy atom. The van der Waals surface area contributed by atoms with Crippen LogP contribution in [0.25, 0.3) is 16.9 Å². The molecule has 25 heavy (non-hydrogen) atoms. The average molecular weight is 358 g/mol. The van der Waals surface area contributed by atoms with Gasteiger partial charge in [0.1, 0.15) is 0 Å². The number of hydrogen-bond acceptors (Lipinski definition) is 3. The van der Waals surface area contributed by atoms with Crippen LogP contribution in [-0.2, 0) is 13.6 Å². The van der Waals surface area contributed by atoms with E-state index < -0.39 is 11.2 Å². The Labute approximate surface area is 147 Å². The molecule has 0 aliphatic carbocycles. The zero-order chi connectivity index (χ0) is 17.9. The van der Waals surface area contributed by atoms with Crippen LogP contribution in [0.4, 0.5) is 0 Å². The summed E-state index contributed by atoms with van der Waals surface area (Å²) < 4.78 is 5.14. The fraction of sp³-hybridized carbons (Fsp3) is 0.235. The number of nitrogens with one attached hydrogen (secondary N) is 1. The monoisotopic (exact) mass is 357 g/mol. The van der Waals surface area contributed by atoms with Crippen LogP contribution >= 0.6 is 11.6 Å². The summed E-state index contributed by atoms with van der Waals surface area (Å²) in [6.45, 7) is 4.43.